The molecule has 0 rings (SSSR count). The molecular weight excluding hydrogens is 1090 g/mol. The van der Waals surface area contributed by atoms with Crippen LogP contribution in [-0.4, -0.2) is 74.9 Å². The van der Waals surface area contributed by atoms with E-state index >= 15 is 0 Å². The van der Waals surface area contributed by atoms with Gasteiger partial charge in [0.1, 0.15) is 19.8 Å². The number of carbonyl (C=O) groups excluding carboxylic acids is 2. The van der Waals surface area contributed by atoms with Gasteiger partial charge in [-0.25, -0.2) is 4.57 Å². The number of unbranched alkanes of at least 4 members (excludes halogenated alkanes) is 39. The fourth-order valence-corrected chi connectivity index (χ4v) is 11.1. The minimum atomic E-state index is -4.39. The van der Waals surface area contributed by atoms with Crippen molar-refractivity contribution >= 4 is 19.8 Å². The maximum atomic E-state index is 12.9. The van der Waals surface area contributed by atoms with Crippen molar-refractivity contribution in [2.75, 3.05) is 47.5 Å². The lowest BCUT2D eigenvalue weighted by atomic mass is 10.0. The Morgan fingerprint density at radius 1 is 0.372 bits per heavy atom. The third-order valence-electron chi connectivity index (χ3n) is 15.9. The highest BCUT2D eigenvalue weighted by atomic mass is 31.2. The van der Waals surface area contributed by atoms with Gasteiger partial charge in [0.25, 0.3) is 0 Å². The molecule has 0 aromatic carbocycles. The molecule has 0 spiro atoms. The van der Waals surface area contributed by atoms with Gasteiger partial charge in [-0.2, -0.15) is 0 Å². The summed E-state index contributed by atoms with van der Waals surface area (Å²) in [5.41, 5.74) is 0. The largest absolute Gasteiger partial charge is 0.472 e. The van der Waals surface area contributed by atoms with Crippen molar-refractivity contribution in [1.82, 2.24) is 0 Å². The Labute approximate surface area is 532 Å². The van der Waals surface area contributed by atoms with Crippen LogP contribution in [-0.2, 0) is 32.7 Å². The molecule has 0 radical (unpaired) electrons. The van der Waals surface area contributed by atoms with E-state index in [4.69, 9.17) is 18.5 Å². The van der Waals surface area contributed by atoms with Gasteiger partial charge in [0, 0.05) is 12.8 Å². The fourth-order valence-electron chi connectivity index (χ4n) is 10.4. The number of allylic oxidation sites excluding steroid dienone is 14. The first-order chi connectivity index (χ1) is 42.0. The molecular formula is C76H139NO8P+. The lowest BCUT2D eigenvalue weighted by Crippen LogP contribution is -2.37. The Morgan fingerprint density at radius 3 is 0.988 bits per heavy atom. The van der Waals surface area contributed by atoms with Crippen molar-refractivity contribution < 1.29 is 42.1 Å². The topological polar surface area (TPSA) is 108 Å². The summed E-state index contributed by atoms with van der Waals surface area (Å²) in [5, 5.41) is 0. The molecule has 0 aliphatic carbocycles. The quantitative estimate of drug-likeness (QED) is 0.0211. The first-order valence-corrected chi connectivity index (χ1v) is 37.8. The monoisotopic (exact) mass is 1230 g/mol. The van der Waals surface area contributed by atoms with Crippen LogP contribution in [0.3, 0.4) is 0 Å². The molecule has 0 fully saturated rings. The van der Waals surface area contributed by atoms with E-state index in [2.05, 4.69) is 98.9 Å². The van der Waals surface area contributed by atoms with Gasteiger partial charge in [-0.15, -0.1) is 0 Å². The number of ether oxygens (including phenoxy) is 2. The lowest BCUT2D eigenvalue weighted by Gasteiger charge is -2.24. The van der Waals surface area contributed by atoms with Gasteiger partial charge in [0.2, 0.25) is 0 Å². The van der Waals surface area contributed by atoms with E-state index in [0.717, 1.165) is 70.6 Å². The maximum absolute atomic E-state index is 12.9. The van der Waals surface area contributed by atoms with Crippen LogP contribution in [0.5, 0.6) is 0 Å². The first kappa shape index (κ1) is 83.2. The van der Waals surface area contributed by atoms with Gasteiger partial charge >= 0.3 is 19.8 Å². The van der Waals surface area contributed by atoms with Gasteiger partial charge in [0.05, 0.1) is 27.7 Å². The van der Waals surface area contributed by atoms with E-state index in [0.29, 0.717) is 23.9 Å². The molecule has 1 N–H and O–H groups in total. The van der Waals surface area contributed by atoms with Crippen LogP contribution in [0.1, 0.15) is 335 Å². The van der Waals surface area contributed by atoms with Crippen LogP contribution in [0.25, 0.3) is 0 Å². The van der Waals surface area contributed by atoms with Gasteiger partial charge in [-0.1, -0.05) is 317 Å². The summed E-state index contributed by atoms with van der Waals surface area (Å²) in [7, 11) is 1.49. The number of carbonyl (C=O) groups is 2. The third-order valence-corrected chi connectivity index (χ3v) is 16.9. The van der Waals surface area contributed by atoms with Crippen LogP contribution in [0.2, 0.25) is 0 Å². The molecule has 0 saturated heterocycles. The minimum absolute atomic E-state index is 0.0310. The van der Waals surface area contributed by atoms with Gasteiger partial charge in [-0.3, -0.25) is 18.6 Å². The summed E-state index contributed by atoms with van der Waals surface area (Å²) >= 11 is 0. The van der Waals surface area contributed by atoms with Crippen LogP contribution in [0, 0.1) is 0 Å². The van der Waals surface area contributed by atoms with E-state index in [9.17, 15) is 19.0 Å². The number of phosphoric ester groups is 1. The molecule has 0 saturated carbocycles. The Morgan fingerprint density at radius 2 is 0.663 bits per heavy atom. The maximum Gasteiger partial charge on any atom is 0.472 e. The van der Waals surface area contributed by atoms with Crippen molar-refractivity contribution in [3.8, 4) is 0 Å². The normalized spacial score (nSPS) is 13.6. The summed E-state index contributed by atoms with van der Waals surface area (Å²) in [6.07, 6.45) is 91.2. The van der Waals surface area contributed by atoms with Crippen molar-refractivity contribution in [2.45, 2.75) is 341 Å². The second kappa shape index (κ2) is 66.6. The SMILES string of the molecule is CC/C=C\C/C=C\C/C=C\C/C=C\C/C=C\CCCCCCCCCCCCCCCCCC(=O)OC(COC(=O)CCCCCCCCCCCCCCCCCCCCC/C=C\C/C=C\CCCCCCC)COP(=O)(O)OCC[N+](C)(C)C. The number of esters is 2. The average Bonchev–Trinajstić information content (AvgIpc) is 3.56. The second-order valence-electron chi connectivity index (χ2n) is 25.6. The number of hydrogen-bond donors (Lipinski definition) is 1. The van der Waals surface area contributed by atoms with Crippen molar-refractivity contribution in [3.63, 3.8) is 0 Å². The fraction of sp³-hybridized carbons (Fsp3) is 0.789. The predicted octanol–water partition coefficient (Wildman–Crippen LogP) is 23.7. The van der Waals surface area contributed by atoms with E-state index in [1.54, 1.807) is 0 Å². The van der Waals surface area contributed by atoms with Crippen LogP contribution in [0.15, 0.2) is 85.1 Å². The highest BCUT2D eigenvalue weighted by Gasteiger charge is 2.27. The highest BCUT2D eigenvalue weighted by Crippen LogP contribution is 2.43. The van der Waals surface area contributed by atoms with Gasteiger partial charge in [0.15, 0.2) is 6.10 Å². The zero-order valence-electron chi connectivity index (χ0n) is 57.0. The molecule has 9 nitrogen and oxygen atoms in total. The van der Waals surface area contributed by atoms with Crippen LogP contribution >= 0.6 is 7.82 Å². The predicted molar refractivity (Wildman–Crippen MR) is 372 cm³/mol. The molecule has 0 amide bonds. The number of phosphoric acid groups is 1. The van der Waals surface area contributed by atoms with Crippen LogP contribution < -0.4 is 0 Å². The van der Waals surface area contributed by atoms with Crippen molar-refractivity contribution in [3.05, 3.63) is 85.1 Å². The van der Waals surface area contributed by atoms with Gasteiger partial charge in [-0.05, 0) is 89.9 Å². The minimum Gasteiger partial charge on any atom is -0.462 e. The zero-order chi connectivity index (χ0) is 62.6. The smallest absolute Gasteiger partial charge is 0.462 e. The average molecular weight is 1230 g/mol. The number of nitrogens with zero attached hydrogens (tertiary/aromatic N) is 1. The van der Waals surface area contributed by atoms with E-state index in [-0.39, 0.29) is 25.6 Å². The summed E-state index contributed by atoms with van der Waals surface area (Å²) in [4.78, 5) is 35.9. The van der Waals surface area contributed by atoms with Crippen LogP contribution in [0.4, 0.5) is 0 Å². The van der Waals surface area contributed by atoms with Crippen molar-refractivity contribution in [1.29, 1.82) is 0 Å². The Hall–Kier alpha value is -2.81. The molecule has 0 aromatic heterocycles. The molecule has 0 aromatic rings. The lowest BCUT2D eigenvalue weighted by molar-refractivity contribution is -0.870. The van der Waals surface area contributed by atoms with Gasteiger partial charge < -0.3 is 18.9 Å². The number of hydrogen-bond acceptors (Lipinski definition) is 7. The molecule has 0 bridgehead atoms. The highest BCUT2D eigenvalue weighted by molar-refractivity contribution is 7.47. The zero-order valence-corrected chi connectivity index (χ0v) is 57.9. The van der Waals surface area contributed by atoms with E-state index in [1.807, 2.05) is 21.1 Å². The third kappa shape index (κ3) is 70.3. The Kier molecular flexibility index (Phi) is 64.4. The summed E-state index contributed by atoms with van der Waals surface area (Å²) < 4.78 is 34.8. The van der Waals surface area contributed by atoms with E-state index < -0.39 is 26.5 Å². The molecule has 2 unspecified atom stereocenters. The molecule has 2 atom stereocenters. The number of likely N-dealkylation sites (N-methyl/N-ethyl adjacent to an activating group) is 1. The summed E-state index contributed by atoms with van der Waals surface area (Å²) in [6.45, 7) is 4.35. The number of quaternary nitrogens is 1. The van der Waals surface area contributed by atoms with E-state index in [1.165, 1.54) is 231 Å². The Bertz CT molecular complexity index is 1730. The molecule has 10 heteroatoms. The second-order valence-corrected chi connectivity index (χ2v) is 27.0. The molecule has 0 aliphatic rings. The summed E-state index contributed by atoms with van der Waals surface area (Å²) in [6, 6.07) is 0. The number of rotatable bonds is 67. The first-order valence-electron chi connectivity index (χ1n) is 36.3. The molecule has 0 aliphatic heterocycles. The molecule has 86 heavy (non-hydrogen) atoms. The Balaban J connectivity index is 4.01. The molecule has 0 heterocycles. The standard InChI is InChI=1S/C76H138NO8P/c1-6-8-10-12-14-16-18-20-22-24-26-28-30-32-34-36-38-40-42-44-46-48-50-52-54-56-58-60-62-64-66-68-75(78)82-72-74(73-84-86(80,81)83-71-70-77(3,4)5)85-76(79)69-67-65-63-61-59-57-55-53-51-49-47-45-43-41-39-37-35-33-31-29-27-25-23-21-19-17-15-13-11-9-7-2/h9,11,15,17-18,20-21,23-24,26-27,29,33,35,74H,6-8,10,12-14,16,19,22,25,28,30-32,34,36-73H2,1-5H3/p+1/b11-9-,17-15-,20-18-,23-21-,26-24-,29-27-,35-33-. The molecule has 500 valence electrons. The van der Waals surface area contributed by atoms with Crippen molar-refractivity contribution in [2.24, 2.45) is 0 Å². The summed E-state index contributed by atoms with van der Waals surface area (Å²) in [5.74, 6) is -0.784.